The van der Waals surface area contributed by atoms with Gasteiger partial charge in [0.2, 0.25) is 0 Å². The normalized spacial score (nSPS) is 11.9. The highest BCUT2D eigenvalue weighted by Gasteiger charge is 2.22. The van der Waals surface area contributed by atoms with Crippen molar-refractivity contribution < 1.29 is 4.42 Å². The molecule has 1 aromatic rings. The van der Waals surface area contributed by atoms with Crippen LogP contribution in [0.5, 0.6) is 0 Å². The maximum Gasteiger partial charge on any atom is 0.100 e. The molecule has 0 aromatic carbocycles. The first-order valence-corrected chi connectivity index (χ1v) is 6.99. The summed E-state index contributed by atoms with van der Waals surface area (Å²) in [5.41, 5.74) is 0.756. The van der Waals surface area contributed by atoms with Gasteiger partial charge >= 0.3 is 0 Å². The first-order chi connectivity index (χ1) is 4.67. The second kappa shape index (κ2) is 2.80. The quantitative estimate of drug-likeness (QED) is 0.494. The summed E-state index contributed by atoms with van der Waals surface area (Å²) >= 11 is 5.80. The zero-order valence-electron chi connectivity index (χ0n) is 6.23. The molecule has 0 spiro atoms. The third kappa shape index (κ3) is 1.44. The van der Waals surface area contributed by atoms with E-state index in [9.17, 15) is 0 Å². The Balaban J connectivity index is 2.85. The molecule has 0 fully saturated rings. The largest absolute Gasteiger partial charge is 0.473 e. The summed E-state index contributed by atoms with van der Waals surface area (Å²) in [5.74, 6) is 0. The Morgan fingerprint density at radius 1 is 1.60 bits per heavy atom. The second-order valence-electron chi connectivity index (χ2n) is 3.03. The van der Waals surface area contributed by atoms with Gasteiger partial charge < -0.3 is 4.42 Å². The summed E-state index contributed by atoms with van der Waals surface area (Å²) in [6, 6.07) is 2.01. The predicted molar refractivity (Wildman–Crippen MR) is 46.5 cm³/mol. The summed E-state index contributed by atoms with van der Waals surface area (Å²) in [5, 5.41) is 1.29. The number of furan rings is 1. The van der Waals surface area contributed by atoms with Crippen molar-refractivity contribution in [3.8, 4) is 0 Å². The Morgan fingerprint density at radius 2 is 2.30 bits per heavy atom. The summed E-state index contributed by atoms with van der Waals surface area (Å²) < 4.78 is 4.98. The molecule has 1 nitrogen and oxygen atoms in total. The molecule has 1 heterocycles. The number of hydrogen-bond donors (Lipinski definition) is 0. The van der Waals surface area contributed by atoms with Crippen molar-refractivity contribution >= 4 is 24.9 Å². The topological polar surface area (TPSA) is 13.1 Å². The molecule has 0 aliphatic heterocycles. The zero-order valence-corrected chi connectivity index (χ0v) is 7.98. The van der Waals surface area contributed by atoms with E-state index in [2.05, 4.69) is 13.1 Å². The van der Waals surface area contributed by atoms with Crippen LogP contribution in [0.2, 0.25) is 13.1 Å². The number of hydrogen-bond acceptors (Lipinski definition) is 1. The molecule has 3 heteroatoms. The zero-order chi connectivity index (χ0) is 7.61. The molecule has 1 rings (SSSR count). The molecular weight excluding hydrogens is 164 g/mol. The Kier molecular flexibility index (Phi) is 2.21. The molecule has 0 saturated carbocycles. The van der Waals surface area contributed by atoms with Gasteiger partial charge in [-0.25, -0.2) is 0 Å². The van der Waals surface area contributed by atoms with E-state index in [1.807, 2.05) is 6.07 Å². The Labute approximate surface area is 67.0 Å². The van der Waals surface area contributed by atoms with Crippen molar-refractivity contribution in [3.63, 3.8) is 0 Å². The summed E-state index contributed by atoms with van der Waals surface area (Å²) in [6.07, 6.45) is 3.51. The first-order valence-electron chi connectivity index (χ1n) is 3.25. The highest BCUT2D eigenvalue weighted by atomic mass is 35.5. The van der Waals surface area contributed by atoms with Crippen LogP contribution in [-0.4, -0.2) is 13.6 Å². The highest BCUT2D eigenvalue weighted by Crippen LogP contribution is 2.04. The Bertz CT molecular complexity index is 193. The predicted octanol–water partition coefficient (Wildman–Crippen LogP) is 1.97. The monoisotopic (exact) mass is 174 g/mol. The molecule has 0 atom stereocenters. The van der Waals surface area contributed by atoms with Gasteiger partial charge in [0.05, 0.1) is 12.5 Å². The smallest absolute Gasteiger partial charge is 0.100 e. The minimum absolute atomic E-state index is 0.756. The average molecular weight is 175 g/mol. The maximum absolute atomic E-state index is 5.80. The third-order valence-corrected chi connectivity index (χ3v) is 6.16. The van der Waals surface area contributed by atoms with Crippen LogP contribution < -0.4 is 5.19 Å². The minimum atomic E-state index is -1.33. The van der Waals surface area contributed by atoms with Gasteiger partial charge in [-0.05, 0) is 11.3 Å². The molecule has 0 unspecified atom stereocenters. The van der Waals surface area contributed by atoms with Gasteiger partial charge in [-0.15, -0.1) is 11.6 Å². The molecule has 56 valence electrons. The molecule has 0 saturated heterocycles. The SMILES string of the molecule is C[Si](C)(CCl)c1ccoc1. The van der Waals surface area contributed by atoms with Crippen LogP contribution in [0, 0.1) is 0 Å². The molecule has 0 bridgehead atoms. The van der Waals surface area contributed by atoms with Crippen LogP contribution >= 0.6 is 11.6 Å². The first kappa shape index (κ1) is 7.89. The van der Waals surface area contributed by atoms with Crippen LogP contribution in [0.25, 0.3) is 0 Å². The van der Waals surface area contributed by atoms with E-state index in [1.54, 1.807) is 12.5 Å². The fourth-order valence-corrected chi connectivity index (χ4v) is 2.25. The van der Waals surface area contributed by atoms with E-state index in [0.717, 1.165) is 5.50 Å². The van der Waals surface area contributed by atoms with E-state index in [-0.39, 0.29) is 0 Å². The van der Waals surface area contributed by atoms with Crippen molar-refractivity contribution in [2.24, 2.45) is 0 Å². The molecule has 0 aliphatic rings. The fourth-order valence-electron chi connectivity index (χ4n) is 0.727. The molecule has 0 N–H and O–H groups in total. The van der Waals surface area contributed by atoms with Crippen LogP contribution in [-0.2, 0) is 0 Å². The van der Waals surface area contributed by atoms with Gasteiger partial charge in [0.1, 0.15) is 8.07 Å². The van der Waals surface area contributed by atoms with Crippen molar-refractivity contribution in [1.82, 2.24) is 0 Å². The Hall–Kier alpha value is -0.213. The van der Waals surface area contributed by atoms with Gasteiger partial charge in [0.15, 0.2) is 0 Å². The van der Waals surface area contributed by atoms with E-state index in [0.29, 0.717) is 0 Å². The maximum atomic E-state index is 5.80. The lowest BCUT2D eigenvalue weighted by Gasteiger charge is -2.15. The fraction of sp³-hybridized carbons (Fsp3) is 0.429. The number of halogens is 1. The molecule has 0 aliphatic carbocycles. The van der Waals surface area contributed by atoms with Crippen molar-refractivity contribution in [1.29, 1.82) is 0 Å². The summed E-state index contributed by atoms with van der Waals surface area (Å²) in [7, 11) is -1.33. The molecule has 0 radical (unpaired) electrons. The van der Waals surface area contributed by atoms with Gasteiger partial charge in [-0.3, -0.25) is 0 Å². The van der Waals surface area contributed by atoms with E-state index < -0.39 is 8.07 Å². The van der Waals surface area contributed by atoms with Gasteiger partial charge in [0.25, 0.3) is 0 Å². The lowest BCUT2D eigenvalue weighted by atomic mass is 10.7. The van der Waals surface area contributed by atoms with Crippen LogP contribution in [0.3, 0.4) is 0 Å². The van der Waals surface area contributed by atoms with Crippen LogP contribution in [0.1, 0.15) is 0 Å². The van der Waals surface area contributed by atoms with E-state index >= 15 is 0 Å². The lowest BCUT2D eigenvalue weighted by molar-refractivity contribution is 0.569. The second-order valence-corrected chi connectivity index (χ2v) is 8.44. The van der Waals surface area contributed by atoms with E-state index in [1.165, 1.54) is 5.19 Å². The van der Waals surface area contributed by atoms with Gasteiger partial charge in [-0.2, -0.15) is 0 Å². The van der Waals surface area contributed by atoms with Gasteiger partial charge in [-0.1, -0.05) is 13.1 Å². The Morgan fingerprint density at radius 3 is 2.70 bits per heavy atom. The van der Waals surface area contributed by atoms with Crippen LogP contribution in [0.4, 0.5) is 0 Å². The molecular formula is C7H11ClOSi. The summed E-state index contributed by atoms with van der Waals surface area (Å²) in [6.45, 7) is 4.45. The third-order valence-electron chi connectivity index (χ3n) is 1.64. The number of alkyl halides is 1. The van der Waals surface area contributed by atoms with Crippen molar-refractivity contribution in [2.45, 2.75) is 13.1 Å². The van der Waals surface area contributed by atoms with Crippen molar-refractivity contribution in [3.05, 3.63) is 18.6 Å². The molecule has 1 aromatic heterocycles. The van der Waals surface area contributed by atoms with Gasteiger partial charge in [0, 0.05) is 5.50 Å². The highest BCUT2D eigenvalue weighted by molar-refractivity contribution is 6.94. The summed E-state index contributed by atoms with van der Waals surface area (Å²) in [4.78, 5) is 0. The van der Waals surface area contributed by atoms with Crippen LogP contribution in [0.15, 0.2) is 23.0 Å². The minimum Gasteiger partial charge on any atom is -0.473 e. The lowest BCUT2D eigenvalue weighted by Crippen LogP contribution is -2.42. The molecule has 0 amide bonds. The molecule has 10 heavy (non-hydrogen) atoms. The number of rotatable bonds is 2. The van der Waals surface area contributed by atoms with E-state index in [4.69, 9.17) is 16.0 Å². The average Bonchev–Trinajstić information content (AvgIpc) is 2.38. The standard InChI is InChI=1S/C7H11ClOSi/c1-10(2,6-8)7-3-4-9-5-7/h3-5H,6H2,1-2H3. The van der Waals surface area contributed by atoms with Crippen molar-refractivity contribution in [2.75, 3.05) is 5.50 Å².